The van der Waals surface area contributed by atoms with Crippen molar-refractivity contribution in [2.45, 2.75) is 24.2 Å². The maximum Gasteiger partial charge on any atom is 0.243 e. The molecule has 1 unspecified atom stereocenters. The maximum atomic E-state index is 11.4. The normalized spacial score (nSPS) is 22.3. The highest BCUT2D eigenvalue weighted by molar-refractivity contribution is 14.1. The molecular formula is C9H12INO3. The van der Waals surface area contributed by atoms with Crippen molar-refractivity contribution in [3.63, 3.8) is 0 Å². The molecule has 1 fully saturated rings. The lowest BCUT2D eigenvalue weighted by Crippen LogP contribution is -2.37. The molecule has 1 atom stereocenters. The molecule has 1 aliphatic rings. The minimum absolute atomic E-state index is 0.0607. The Morgan fingerprint density at radius 1 is 1.57 bits per heavy atom. The van der Waals surface area contributed by atoms with E-state index in [-0.39, 0.29) is 40.4 Å². The number of hydrogen-bond acceptors (Lipinski definition) is 3. The molecule has 1 aliphatic heterocycles. The lowest BCUT2D eigenvalue weighted by atomic mass is 10.1. The van der Waals surface area contributed by atoms with E-state index in [1.165, 1.54) is 0 Å². The summed E-state index contributed by atoms with van der Waals surface area (Å²) in [5.41, 5.74) is 0. The van der Waals surface area contributed by atoms with Crippen LogP contribution in [0.2, 0.25) is 0 Å². The standard InChI is InChI=1S/C9H12INO3/c1-5(2)7(12)4-11-8(13)3-6(10)9(11)14/h5-6H,3-4H2,1-2H3. The number of amides is 2. The fourth-order valence-electron chi connectivity index (χ4n) is 1.15. The number of alkyl halides is 1. The van der Waals surface area contributed by atoms with Crippen LogP contribution in [0.4, 0.5) is 0 Å². The first kappa shape index (κ1) is 11.6. The summed E-state index contributed by atoms with van der Waals surface area (Å²) in [7, 11) is 0. The highest BCUT2D eigenvalue weighted by Crippen LogP contribution is 2.20. The van der Waals surface area contributed by atoms with Crippen molar-refractivity contribution in [2.75, 3.05) is 6.54 Å². The summed E-state index contributed by atoms with van der Waals surface area (Å²) in [6, 6.07) is 0. The van der Waals surface area contributed by atoms with E-state index in [1.54, 1.807) is 13.8 Å². The molecule has 14 heavy (non-hydrogen) atoms. The molecule has 0 spiro atoms. The Morgan fingerprint density at radius 2 is 2.14 bits per heavy atom. The van der Waals surface area contributed by atoms with Crippen LogP contribution in [0.15, 0.2) is 0 Å². The van der Waals surface area contributed by atoms with Crippen LogP contribution in [0.3, 0.4) is 0 Å². The molecule has 2 amide bonds. The van der Waals surface area contributed by atoms with Crippen LogP contribution in [-0.4, -0.2) is 33.0 Å². The van der Waals surface area contributed by atoms with Crippen molar-refractivity contribution in [3.05, 3.63) is 0 Å². The molecule has 0 radical (unpaired) electrons. The van der Waals surface area contributed by atoms with Gasteiger partial charge in [0.25, 0.3) is 0 Å². The van der Waals surface area contributed by atoms with Gasteiger partial charge in [-0.2, -0.15) is 0 Å². The van der Waals surface area contributed by atoms with E-state index in [4.69, 9.17) is 0 Å². The Labute approximate surface area is 96.2 Å². The molecule has 0 aliphatic carbocycles. The average Bonchev–Trinajstić information content (AvgIpc) is 2.32. The zero-order chi connectivity index (χ0) is 10.9. The molecule has 1 saturated heterocycles. The number of carbonyl (C=O) groups is 3. The second-order valence-corrected chi connectivity index (χ2v) is 5.11. The van der Waals surface area contributed by atoms with E-state index >= 15 is 0 Å². The maximum absolute atomic E-state index is 11.4. The van der Waals surface area contributed by atoms with E-state index in [0.29, 0.717) is 0 Å². The van der Waals surface area contributed by atoms with E-state index < -0.39 is 0 Å². The van der Waals surface area contributed by atoms with Gasteiger partial charge in [-0.15, -0.1) is 0 Å². The Kier molecular flexibility index (Phi) is 3.63. The molecule has 1 heterocycles. The van der Waals surface area contributed by atoms with Crippen molar-refractivity contribution < 1.29 is 14.4 Å². The molecule has 0 aromatic heterocycles. The fraction of sp³-hybridized carbons (Fsp3) is 0.667. The number of rotatable bonds is 3. The summed E-state index contributed by atoms with van der Waals surface area (Å²) in [5, 5.41) is 0. The summed E-state index contributed by atoms with van der Waals surface area (Å²) in [4.78, 5) is 35.1. The first-order valence-corrected chi connectivity index (χ1v) is 5.69. The van der Waals surface area contributed by atoms with Crippen molar-refractivity contribution in [1.82, 2.24) is 4.90 Å². The van der Waals surface area contributed by atoms with Gasteiger partial charge in [0.15, 0.2) is 5.78 Å². The largest absolute Gasteiger partial charge is 0.297 e. The van der Waals surface area contributed by atoms with Crippen LogP contribution >= 0.6 is 22.6 Å². The first-order valence-electron chi connectivity index (χ1n) is 4.44. The summed E-state index contributed by atoms with van der Waals surface area (Å²) in [5.74, 6) is -0.672. The van der Waals surface area contributed by atoms with Gasteiger partial charge in [-0.25, -0.2) is 0 Å². The van der Waals surface area contributed by atoms with Gasteiger partial charge < -0.3 is 0 Å². The molecule has 0 aromatic carbocycles. The smallest absolute Gasteiger partial charge is 0.243 e. The van der Waals surface area contributed by atoms with Gasteiger partial charge in [0.1, 0.15) is 0 Å². The first-order chi connectivity index (χ1) is 6.43. The van der Waals surface area contributed by atoms with Crippen molar-refractivity contribution in [1.29, 1.82) is 0 Å². The van der Waals surface area contributed by atoms with Gasteiger partial charge >= 0.3 is 0 Å². The number of ketones is 1. The Hall–Kier alpha value is -0.460. The number of Topliss-reactive ketones (excluding diaryl/α,β-unsaturated/α-hetero) is 1. The second kappa shape index (κ2) is 4.37. The highest BCUT2D eigenvalue weighted by Gasteiger charge is 2.37. The Bertz CT molecular complexity index is 288. The summed E-state index contributed by atoms with van der Waals surface area (Å²) in [6.45, 7) is 3.46. The quantitative estimate of drug-likeness (QED) is 0.440. The average molecular weight is 309 g/mol. The molecule has 0 saturated carbocycles. The SMILES string of the molecule is CC(C)C(=O)CN1C(=O)CC(I)C1=O. The van der Waals surface area contributed by atoms with Gasteiger partial charge in [-0.3, -0.25) is 19.3 Å². The minimum atomic E-state index is -0.292. The number of likely N-dealkylation sites (tertiary alicyclic amines) is 1. The van der Waals surface area contributed by atoms with E-state index in [1.807, 2.05) is 22.6 Å². The molecular weight excluding hydrogens is 297 g/mol. The third kappa shape index (κ3) is 2.31. The van der Waals surface area contributed by atoms with Gasteiger partial charge in [-0.05, 0) is 0 Å². The lowest BCUT2D eigenvalue weighted by Gasteiger charge is -2.14. The molecule has 0 N–H and O–H groups in total. The van der Waals surface area contributed by atoms with Gasteiger partial charge in [-0.1, -0.05) is 36.4 Å². The van der Waals surface area contributed by atoms with Gasteiger partial charge in [0, 0.05) is 12.3 Å². The van der Waals surface area contributed by atoms with E-state index in [0.717, 1.165) is 4.90 Å². The van der Waals surface area contributed by atoms with E-state index in [2.05, 4.69) is 0 Å². The summed E-state index contributed by atoms with van der Waals surface area (Å²) in [6.07, 6.45) is 0.227. The number of nitrogens with zero attached hydrogens (tertiary/aromatic N) is 1. The van der Waals surface area contributed by atoms with E-state index in [9.17, 15) is 14.4 Å². The molecule has 0 aromatic rings. The third-order valence-corrected chi connectivity index (χ3v) is 3.12. The Balaban J connectivity index is 2.65. The summed E-state index contributed by atoms with van der Waals surface area (Å²) < 4.78 is -0.292. The highest BCUT2D eigenvalue weighted by atomic mass is 127. The van der Waals surface area contributed by atoms with Crippen molar-refractivity contribution >= 4 is 40.2 Å². The van der Waals surface area contributed by atoms with Crippen molar-refractivity contribution in [3.8, 4) is 0 Å². The number of halogens is 1. The number of carbonyl (C=O) groups excluding carboxylic acids is 3. The monoisotopic (exact) mass is 309 g/mol. The predicted octanol–water partition coefficient (Wildman–Crippen LogP) is 0.774. The fourth-order valence-corrected chi connectivity index (χ4v) is 1.86. The second-order valence-electron chi connectivity index (χ2n) is 3.61. The molecule has 5 heteroatoms. The van der Waals surface area contributed by atoms with Crippen LogP contribution in [0, 0.1) is 5.92 Å². The van der Waals surface area contributed by atoms with Crippen LogP contribution in [-0.2, 0) is 14.4 Å². The van der Waals surface area contributed by atoms with Crippen LogP contribution in [0.5, 0.6) is 0 Å². The molecule has 4 nitrogen and oxygen atoms in total. The topological polar surface area (TPSA) is 54.5 Å². The lowest BCUT2D eigenvalue weighted by molar-refractivity contribution is -0.142. The van der Waals surface area contributed by atoms with Gasteiger partial charge in [0.05, 0.1) is 10.5 Å². The third-order valence-electron chi connectivity index (χ3n) is 2.15. The summed E-state index contributed by atoms with van der Waals surface area (Å²) >= 11 is 1.93. The van der Waals surface area contributed by atoms with Crippen LogP contribution in [0.25, 0.3) is 0 Å². The predicted molar refractivity (Wildman–Crippen MR) is 59.0 cm³/mol. The molecule has 78 valence electrons. The minimum Gasteiger partial charge on any atom is -0.297 e. The molecule has 1 rings (SSSR count). The number of hydrogen-bond donors (Lipinski definition) is 0. The zero-order valence-electron chi connectivity index (χ0n) is 8.12. The van der Waals surface area contributed by atoms with Gasteiger partial charge in [0.2, 0.25) is 11.8 Å². The van der Waals surface area contributed by atoms with Crippen molar-refractivity contribution in [2.24, 2.45) is 5.92 Å². The zero-order valence-corrected chi connectivity index (χ0v) is 10.3. The van der Waals surface area contributed by atoms with Crippen LogP contribution in [0.1, 0.15) is 20.3 Å². The molecule has 0 bridgehead atoms. The Morgan fingerprint density at radius 3 is 2.50 bits per heavy atom. The van der Waals surface area contributed by atoms with Crippen LogP contribution < -0.4 is 0 Å². The number of imide groups is 1.